The van der Waals surface area contributed by atoms with Crippen LogP contribution in [0.3, 0.4) is 0 Å². The third-order valence-corrected chi connectivity index (χ3v) is 7.75. The number of rotatable bonds is 5. The summed E-state index contributed by atoms with van der Waals surface area (Å²) in [7, 11) is -2.14. The largest absolute Gasteiger partial charge is 0.469 e. The summed E-state index contributed by atoms with van der Waals surface area (Å²) in [5, 5.41) is -0.634. The zero-order valence-corrected chi connectivity index (χ0v) is 13.7. The van der Waals surface area contributed by atoms with Gasteiger partial charge in [-0.3, -0.25) is 4.79 Å². The van der Waals surface area contributed by atoms with E-state index in [1.54, 1.807) is 0 Å². The molecule has 1 aliphatic carbocycles. The number of hydrogen-bond donors (Lipinski definition) is 1. The maximum atomic E-state index is 12.4. The van der Waals surface area contributed by atoms with Gasteiger partial charge in [0, 0.05) is 11.3 Å². The predicted molar refractivity (Wildman–Crippen MR) is 80.2 cm³/mol. The highest BCUT2D eigenvalue weighted by molar-refractivity contribution is 8.01. The van der Waals surface area contributed by atoms with E-state index in [0.717, 1.165) is 25.0 Å². The Bertz CT molecular complexity index is 457. The molecule has 3 unspecified atom stereocenters. The van der Waals surface area contributed by atoms with Crippen molar-refractivity contribution in [3.63, 3.8) is 0 Å². The average molecular weight is 321 g/mol. The van der Waals surface area contributed by atoms with Crippen LogP contribution in [0, 0.1) is 5.92 Å². The van der Waals surface area contributed by atoms with Gasteiger partial charge in [0.05, 0.1) is 18.3 Å². The smallest absolute Gasteiger partial charge is 0.310 e. The van der Waals surface area contributed by atoms with E-state index in [4.69, 9.17) is 4.74 Å². The number of nitrogens with one attached hydrogen (secondary N) is 1. The monoisotopic (exact) mass is 321 g/mol. The van der Waals surface area contributed by atoms with E-state index >= 15 is 0 Å². The molecule has 5 nitrogen and oxygen atoms in total. The molecule has 1 heterocycles. The number of hydrogen-bond acceptors (Lipinski definition) is 5. The van der Waals surface area contributed by atoms with Crippen LogP contribution < -0.4 is 4.72 Å². The fraction of sp³-hybridized carbons (Fsp3) is 0.923. The topological polar surface area (TPSA) is 72.5 Å². The summed E-state index contributed by atoms with van der Waals surface area (Å²) < 4.78 is 32.3. The van der Waals surface area contributed by atoms with Crippen molar-refractivity contribution in [3.8, 4) is 0 Å². The van der Waals surface area contributed by atoms with E-state index in [9.17, 15) is 13.2 Å². The molecule has 0 aromatic carbocycles. The third kappa shape index (κ3) is 3.49. The van der Waals surface area contributed by atoms with Crippen LogP contribution in [0.25, 0.3) is 0 Å². The zero-order valence-electron chi connectivity index (χ0n) is 12.1. The van der Waals surface area contributed by atoms with E-state index in [0.29, 0.717) is 19.4 Å². The van der Waals surface area contributed by atoms with Crippen molar-refractivity contribution in [1.82, 2.24) is 4.72 Å². The highest BCUT2D eigenvalue weighted by Gasteiger charge is 2.43. The molecule has 20 heavy (non-hydrogen) atoms. The van der Waals surface area contributed by atoms with Gasteiger partial charge in [-0.2, -0.15) is 11.8 Å². The van der Waals surface area contributed by atoms with Crippen LogP contribution in [0.5, 0.6) is 0 Å². The quantitative estimate of drug-likeness (QED) is 0.778. The van der Waals surface area contributed by atoms with Crippen LogP contribution >= 0.6 is 11.8 Å². The number of ether oxygens (including phenoxy) is 1. The Morgan fingerprint density at radius 2 is 2.15 bits per heavy atom. The SMILES string of the molecule is COC(=O)C1CCCC1S(=O)(=O)NCC1(C)CCCS1. The van der Waals surface area contributed by atoms with Crippen molar-refractivity contribution >= 4 is 27.8 Å². The minimum absolute atomic E-state index is 0.00750. The molecule has 2 rings (SSSR count). The second-order valence-corrected chi connectivity index (χ2v) is 9.53. The molecule has 2 fully saturated rings. The Hall–Kier alpha value is -0.270. The minimum atomic E-state index is -3.45. The highest BCUT2D eigenvalue weighted by atomic mass is 32.2. The standard InChI is InChI=1S/C13H23NO4S2/c1-13(7-4-8-19-13)9-14-20(16,17)11-6-3-5-10(11)12(15)18-2/h10-11,14H,3-9H2,1-2H3. The summed E-state index contributed by atoms with van der Waals surface area (Å²) in [5.41, 5.74) is 0. The maximum Gasteiger partial charge on any atom is 0.310 e. The first-order valence-corrected chi connectivity index (χ1v) is 9.61. The van der Waals surface area contributed by atoms with Crippen molar-refractivity contribution in [2.75, 3.05) is 19.4 Å². The third-order valence-electron chi connectivity index (χ3n) is 4.30. The molecule has 3 atom stereocenters. The van der Waals surface area contributed by atoms with Crippen molar-refractivity contribution in [3.05, 3.63) is 0 Å². The lowest BCUT2D eigenvalue weighted by Crippen LogP contribution is -2.44. The van der Waals surface area contributed by atoms with Crippen molar-refractivity contribution in [2.24, 2.45) is 5.92 Å². The number of esters is 1. The first kappa shape index (κ1) is 16.1. The Morgan fingerprint density at radius 3 is 2.75 bits per heavy atom. The second-order valence-electron chi connectivity index (χ2n) is 5.87. The van der Waals surface area contributed by atoms with Crippen LogP contribution in [-0.2, 0) is 19.6 Å². The lowest BCUT2D eigenvalue weighted by Gasteiger charge is -2.25. The van der Waals surface area contributed by atoms with Gasteiger partial charge in [-0.15, -0.1) is 0 Å². The molecule has 1 saturated heterocycles. The number of thioether (sulfide) groups is 1. The van der Waals surface area contributed by atoms with Gasteiger partial charge in [-0.25, -0.2) is 13.1 Å². The Kier molecular flexibility index (Phi) is 5.02. The van der Waals surface area contributed by atoms with E-state index in [2.05, 4.69) is 11.6 Å². The van der Waals surface area contributed by atoms with Gasteiger partial charge in [0.1, 0.15) is 0 Å². The molecular weight excluding hydrogens is 298 g/mol. The molecular formula is C13H23NO4S2. The fourth-order valence-electron chi connectivity index (χ4n) is 3.06. The van der Waals surface area contributed by atoms with Gasteiger partial charge in [-0.1, -0.05) is 6.42 Å². The molecule has 2 aliphatic rings. The lowest BCUT2D eigenvalue weighted by molar-refractivity contribution is -0.145. The van der Waals surface area contributed by atoms with Gasteiger partial charge >= 0.3 is 5.97 Å². The van der Waals surface area contributed by atoms with Gasteiger partial charge in [0.25, 0.3) is 0 Å². The molecule has 0 radical (unpaired) electrons. The summed E-state index contributed by atoms with van der Waals surface area (Å²) >= 11 is 1.82. The van der Waals surface area contributed by atoms with E-state index in [1.165, 1.54) is 7.11 Å². The number of sulfonamides is 1. The molecule has 0 amide bonds. The second kappa shape index (κ2) is 6.23. The summed E-state index contributed by atoms with van der Waals surface area (Å²) in [6.07, 6.45) is 4.07. The van der Waals surface area contributed by atoms with Crippen LogP contribution in [0.4, 0.5) is 0 Å². The maximum absolute atomic E-state index is 12.4. The van der Waals surface area contributed by atoms with Crippen molar-refractivity contribution in [2.45, 2.75) is 49.0 Å². The van der Waals surface area contributed by atoms with Crippen LogP contribution in [0.15, 0.2) is 0 Å². The highest BCUT2D eigenvalue weighted by Crippen LogP contribution is 2.38. The van der Waals surface area contributed by atoms with Gasteiger partial charge in [-0.05, 0) is 38.4 Å². The summed E-state index contributed by atoms with van der Waals surface area (Å²) in [4.78, 5) is 11.7. The summed E-state index contributed by atoms with van der Waals surface area (Å²) in [6, 6.07) is 0. The summed E-state index contributed by atoms with van der Waals surface area (Å²) in [5.74, 6) is 0.174. The van der Waals surface area contributed by atoms with Crippen molar-refractivity contribution in [1.29, 1.82) is 0 Å². The Labute approximate surface area is 125 Å². The fourth-order valence-corrected chi connectivity index (χ4v) is 6.28. The first-order chi connectivity index (χ1) is 9.38. The number of carbonyl (C=O) groups is 1. The molecule has 1 saturated carbocycles. The lowest BCUT2D eigenvalue weighted by atomic mass is 10.1. The zero-order chi connectivity index (χ0) is 14.8. The van der Waals surface area contributed by atoms with E-state index < -0.39 is 27.2 Å². The summed E-state index contributed by atoms with van der Waals surface area (Å²) in [6.45, 7) is 2.55. The Morgan fingerprint density at radius 1 is 1.40 bits per heavy atom. The molecule has 1 N–H and O–H groups in total. The molecule has 1 aliphatic heterocycles. The molecule has 0 bridgehead atoms. The minimum Gasteiger partial charge on any atom is -0.469 e. The number of carbonyl (C=O) groups excluding carboxylic acids is 1. The van der Waals surface area contributed by atoms with E-state index in [1.807, 2.05) is 11.8 Å². The van der Waals surface area contributed by atoms with Crippen molar-refractivity contribution < 1.29 is 17.9 Å². The molecule has 0 aromatic heterocycles. The molecule has 0 aromatic rings. The average Bonchev–Trinajstić information content (AvgIpc) is 3.05. The van der Waals surface area contributed by atoms with Gasteiger partial charge in [0.15, 0.2) is 0 Å². The first-order valence-electron chi connectivity index (χ1n) is 7.08. The van der Waals surface area contributed by atoms with Gasteiger partial charge in [0.2, 0.25) is 10.0 Å². The van der Waals surface area contributed by atoms with Crippen LogP contribution in [0.1, 0.15) is 39.0 Å². The van der Waals surface area contributed by atoms with Crippen LogP contribution in [0.2, 0.25) is 0 Å². The normalized spacial score (nSPS) is 34.3. The molecule has 0 spiro atoms. The van der Waals surface area contributed by atoms with Crippen LogP contribution in [-0.4, -0.2) is 43.8 Å². The Balaban J connectivity index is 2.00. The molecule has 7 heteroatoms. The predicted octanol–water partition coefficient (Wildman–Crippen LogP) is 1.53. The molecule has 116 valence electrons. The van der Waals surface area contributed by atoms with Gasteiger partial charge < -0.3 is 4.74 Å². The number of methoxy groups -OCH3 is 1. The van der Waals surface area contributed by atoms with E-state index in [-0.39, 0.29) is 4.75 Å².